The second-order valence-electron chi connectivity index (χ2n) is 5.62. The van der Waals surface area contributed by atoms with Crippen molar-refractivity contribution in [1.82, 2.24) is 10.2 Å². The quantitative estimate of drug-likeness (QED) is 0.644. The highest BCUT2D eigenvalue weighted by Crippen LogP contribution is 2.16. The Balaban J connectivity index is 1.61. The van der Waals surface area contributed by atoms with Crippen molar-refractivity contribution in [2.45, 2.75) is 38.6 Å². The first kappa shape index (κ1) is 16.2. The Kier molecular flexibility index (Phi) is 6.39. The molecule has 21 heavy (non-hydrogen) atoms. The number of thiocarbonyl (C=S) groups is 1. The molecule has 1 atom stereocenters. The van der Waals surface area contributed by atoms with Crippen molar-refractivity contribution in [2.24, 2.45) is 0 Å². The van der Waals surface area contributed by atoms with Crippen molar-refractivity contribution in [3.63, 3.8) is 0 Å². The van der Waals surface area contributed by atoms with Crippen LogP contribution in [-0.2, 0) is 0 Å². The van der Waals surface area contributed by atoms with E-state index in [9.17, 15) is 4.39 Å². The number of rotatable bonds is 5. The maximum atomic E-state index is 12.8. The van der Waals surface area contributed by atoms with Crippen LogP contribution in [-0.4, -0.2) is 35.7 Å². The lowest BCUT2D eigenvalue weighted by Gasteiger charge is -2.33. The molecular formula is C16H24FN3S. The van der Waals surface area contributed by atoms with Gasteiger partial charge in [-0.25, -0.2) is 4.39 Å². The summed E-state index contributed by atoms with van der Waals surface area (Å²) in [5, 5.41) is 6.85. The summed E-state index contributed by atoms with van der Waals surface area (Å²) < 4.78 is 12.8. The van der Waals surface area contributed by atoms with Crippen LogP contribution in [0.1, 0.15) is 32.6 Å². The molecule has 0 aliphatic carbocycles. The molecule has 0 bridgehead atoms. The highest BCUT2D eigenvalue weighted by atomic mass is 32.1. The first-order valence-electron chi connectivity index (χ1n) is 7.69. The number of benzene rings is 1. The van der Waals surface area contributed by atoms with E-state index in [0.29, 0.717) is 11.2 Å². The molecule has 1 aliphatic rings. The van der Waals surface area contributed by atoms with Gasteiger partial charge < -0.3 is 15.5 Å². The summed E-state index contributed by atoms with van der Waals surface area (Å²) >= 11 is 5.23. The van der Waals surface area contributed by atoms with Gasteiger partial charge in [0.25, 0.3) is 0 Å². The fourth-order valence-electron chi connectivity index (χ4n) is 2.68. The molecule has 5 heteroatoms. The first-order chi connectivity index (χ1) is 10.1. The minimum Gasteiger partial charge on any atom is -0.362 e. The Hall–Kier alpha value is -1.20. The van der Waals surface area contributed by atoms with E-state index in [1.807, 2.05) is 0 Å². The normalized spacial score (nSPS) is 19.2. The van der Waals surface area contributed by atoms with Gasteiger partial charge in [0.2, 0.25) is 0 Å². The predicted octanol–water partition coefficient (Wildman–Crippen LogP) is 3.38. The number of anilines is 1. The van der Waals surface area contributed by atoms with E-state index in [-0.39, 0.29) is 5.82 Å². The highest BCUT2D eigenvalue weighted by molar-refractivity contribution is 7.80. The van der Waals surface area contributed by atoms with Gasteiger partial charge in [0.1, 0.15) is 5.82 Å². The van der Waals surface area contributed by atoms with E-state index in [1.54, 1.807) is 12.1 Å². The summed E-state index contributed by atoms with van der Waals surface area (Å²) in [5.41, 5.74) is 0.804. The van der Waals surface area contributed by atoms with Crippen LogP contribution in [0, 0.1) is 5.82 Å². The van der Waals surface area contributed by atoms with E-state index in [4.69, 9.17) is 12.2 Å². The molecule has 1 aliphatic heterocycles. The topological polar surface area (TPSA) is 27.3 Å². The van der Waals surface area contributed by atoms with E-state index in [2.05, 4.69) is 22.5 Å². The average Bonchev–Trinajstić information content (AvgIpc) is 2.48. The standard InChI is InChI=1S/C16H24FN3S/c1-13-5-2-3-11-20(13)12-4-10-18-16(21)19-15-8-6-14(17)7-9-15/h6-9,13H,2-5,10-12H2,1H3,(H2,18,19,21)/t13-/m1/s1. The zero-order valence-electron chi connectivity index (χ0n) is 12.6. The molecule has 0 radical (unpaired) electrons. The van der Waals surface area contributed by atoms with Crippen molar-refractivity contribution in [1.29, 1.82) is 0 Å². The smallest absolute Gasteiger partial charge is 0.170 e. The second-order valence-corrected chi connectivity index (χ2v) is 6.03. The molecule has 1 fully saturated rings. The predicted molar refractivity (Wildman–Crippen MR) is 90.1 cm³/mol. The zero-order valence-corrected chi connectivity index (χ0v) is 13.4. The summed E-state index contributed by atoms with van der Waals surface area (Å²) in [5.74, 6) is -0.241. The van der Waals surface area contributed by atoms with E-state index in [0.717, 1.165) is 25.2 Å². The van der Waals surface area contributed by atoms with Crippen molar-refractivity contribution >= 4 is 23.0 Å². The molecule has 0 spiro atoms. The summed E-state index contributed by atoms with van der Waals surface area (Å²) in [6.07, 6.45) is 5.08. The molecule has 0 amide bonds. The largest absolute Gasteiger partial charge is 0.362 e. The molecule has 0 saturated carbocycles. The minimum atomic E-state index is -0.241. The summed E-state index contributed by atoms with van der Waals surface area (Å²) in [6, 6.07) is 6.91. The van der Waals surface area contributed by atoms with Gasteiger partial charge in [0.05, 0.1) is 0 Å². The average molecular weight is 309 g/mol. The lowest BCUT2D eigenvalue weighted by molar-refractivity contribution is 0.159. The monoisotopic (exact) mass is 309 g/mol. The summed E-state index contributed by atoms with van der Waals surface area (Å²) in [4.78, 5) is 2.56. The molecular weight excluding hydrogens is 285 g/mol. The number of halogens is 1. The number of likely N-dealkylation sites (tertiary alicyclic amines) is 1. The Bertz CT molecular complexity index is 449. The van der Waals surface area contributed by atoms with E-state index >= 15 is 0 Å². The van der Waals surface area contributed by atoms with Gasteiger partial charge in [-0.2, -0.15) is 0 Å². The molecule has 1 heterocycles. The molecule has 116 valence electrons. The fourth-order valence-corrected chi connectivity index (χ4v) is 2.90. The zero-order chi connectivity index (χ0) is 15.1. The Morgan fingerprint density at radius 3 is 2.81 bits per heavy atom. The van der Waals surface area contributed by atoms with Crippen LogP contribution in [0.2, 0.25) is 0 Å². The molecule has 2 rings (SSSR count). The SMILES string of the molecule is C[C@@H]1CCCCN1CCCNC(=S)Nc1ccc(F)cc1. The van der Waals surface area contributed by atoms with Gasteiger partial charge in [0, 0.05) is 24.8 Å². The third-order valence-corrected chi connectivity index (χ3v) is 4.20. The van der Waals surface area contributed by atoms with Crippen LogP contribution in [0.25, 0.3) is 0 Å². The minimum absolute atomic E-state index is 0.241. The van der Waals surface area contributed by atoms with Gasteiger partial charge in [-0.3, -0.25) is 0 Å². The second kappa shape index (κ2) is 8.29. The summed E-state index contributed by atoms with van der Waals surface area (Å²) in [6.45, 7) is 5.51. The van der Waals surface area contributed by atoms with E-state index in [1.165, 1.54) is 37.9 Å². The number of hydrogen-bond acceptors (Lipinski definition) is 2. The van der Waals surface area contributed by atoms with Crippen LogP contribution < -0.4 is 10.6 Å². The van der Waals surface area contributed by atoms with Crippen LogP contribution in [0.15, 0.2) is 24.3 Å². The van der Waals surface area contributed by atoms with Gasteiger partial charge >= 0.3 is 0 Å². The first-order valence-corrected chi connectivity index (χ1v) is 8.10. The van der Waals surface area contributed by atoms with E-state index < -0.39 is 0 Å². The number of piperidine rings is 1. The summed E-state index contributed by atoms with van der Waals surface area (Å²) in [7, 11) is 0. The number of nitrogens with one attached hydrogen (secondary N) is 2. The molecule has 3 nitrogen and oxygen atoms in total. The maximum Gasteiger partial charge on any atom is 0.170 e. The van der Waals surface area contributed by atoms with Gasteiger partial charge in [-0.05, 0) is 69.2 Å². The fraction of sp³-hybridized carbons (Fsp3) is 0.562. The van der Waals surface area contributed by atoms with Crippen molar-refractivity contribution in [3.8, 4) is 0 Å². The Morgan fingerprint density at radius 1 is 1.33 bits per heavy atom. The third kappa shape index (κ3) is 5.59. The van der Waals surface area contributed by atoms with Gasteiger partial charge in [0.15, 0.2) is 5.11 Å². The van der Waals surface area contributed by atoms with Crippen LogP contribution in [0.4, 0.5) is 10.1 Å². The molecule has 1 aromatic carbocycles. The van der Waals surface area contributed by atoms with Crippen LogP contribution in [0.5, 0.6) is 0 Å². The maximum absolute atomic E-state index is 12.8. The van der Waals surface area contributed by atoms with Gasteiger partial charge in [-0.15, -0.1) is 0 Å². The lowest BCUT2D eigenvalue weighted by Crippen LogP contribution is -2.39. The Labute approximate surface area is 131 Å². The molecule has 1 saturated heterocycles. The number of hydrogen-bond donors (Lipinski definition) is 2. The molecule has 1 aromatic rings. The highest BCUT2D eigenvalue weighted by Gasteiger charge is 2.16. The third-order valence-electron chi connectivity index (χ3n) is 3.95. The van der Waals surface area contributed by atoms with Gasteiger partial charge in [-0.1, -0.05) is 6.42 Å². The van der Waals surface area contributed by atoms with Crippen LogP contribution in [0.3, 0.4) is 0 Å². The number of nitrogens with zero attached hydrogens (tertiary/aromatic N) is 1. The van der Waals surface area contributed by atoms with Crippen molar-refractivity contribution in [2.75, 3.05) is 25.0 Å². The lowest BCUT2D eigenvalue weighted by atomic mass is 10.0. The molecule has 0 unspecified atom stereocenters. The van der Waals surface area contributed by atoms with Crippen molar-refractivity contribution in [3.05, 3.63) is 30.1 Å². The van der Waals surface area contributed by atoms with Crippen LogP contribution >= 0.6 is 12.2 Å². The van der Waals surface area contributed by atoms with Crippen molar-refractivity contribution < 1.29 is 4.39 Å². The Morgan fingerprint density at radius 2 is 2.10 bits per heavy atom. The molecule has 0 aromatic heterocycles. The molecule has 2 N–H and O–H groups in total.